The maximum atomic E-state index is 11.9. The molecule has 2 aromatic carbocycles. The van der Waals surface area contributed by atoms with Gasteiger partial charge in [0.15, 0.2) is 0 Å². The van der Waals surface area contributed by atoms with Crippen molar-refractivity contribution >= 4 is 52.5 Å². The molecule has 0 aromatic heterocycles. The van der Waals surface area contributed by atoms with Crippen LogP contribution in [-0.2, 0) is 14.4 Å². The van der Waals surface area contributed by atoms with Crippen molar-refractivity contribution in [2.24, 2.45) is 0 Å². The van der Waals surface area contributed by atoms with Crippen molar-refractivity contribution in [1.82, 2.24) is 0 Å². The molecule has 0 atom stereocenters. The normalized spacial score (nSPS) is 10.2. The Morgan fingerprint density at radius 3 is 1.96 bits per heavy atom. The fourth-order valence-electron chi connectivity index (χ4n) is 1.96. The number of rotatable bonds is 8. The Kier molecular flexibility index (Phi) is 7.50. The Morgan fingerprint density at radius 2 is 1.38 bits per heavy atom. The maximum Gasteiger partial charge on any atom is 0.303 e. The highest BCUT2D eigenvalue weighted by Crippen LogP contribution is 2.21. The topological polar surface area (TPSA) is 95.5 Å². The Balaban J connectivity index is 1.77. The summed E-state index contributed by atoms with van der Waals surface area (Å²) in [6.45, 7) is 0. The van der Waals surface area contributed by atoms with Crippen molar-refractivity contribution in [3.63, 3.8) is 0 Å². The number of carboxylic acid groups (broad SMARTS) is 1. The molecule has 0 unspecified atom stereocenters. The summed E-state index contributed by atoms with van der Waals surface area (Å²) in [5.74, 6) is -1.25. The number of nitrogens with one attached hydrogen (secondary N) is 2. The first kappa shape index (κ1) is 19.8. The predicted molar refractivity (Wildman–Crippen MR) is 103 cm³/mol. The lowest BCUT2D eigenvalue weighted by Gasteiger charge is -2.07. The summed E-state index contributed by atoms with van der Waals surface area (Å²) in [6, 6.07) is 13.8. The molecule has 2 amide bonds. The molecule has 0 saturated carbocycles. The van der Waals surface area contributed by atoms with Crippen molar-refractivity contribution in [2.45, 2.75) is 17.7 Å². The molecule has 2 aromatic rings. The lowest BCUT2D eigenvalue weighted by atomic mass is 10.2. The molecule has 8 heteroatoms. The molecule has 2 rings (SSSR count). The molecule has 6 nitrogen and oxygen atoms in total. The van der Waals surface area contributed by atoms with E-state index in [1.165, 1.54) is 11.8 Å². The second-order valence-corrected chi connectivity index (χ2v) is 6.80. The van der Waals surface area contributed by atoms with E-state index in [1.54, 1.807) is 48.5 Å². The Hall–Kier alpha value is -2.51. The Bertz CT molecular complexity index is 779. The number of anilines is 2. The van der Waals surface area contributed by atoms with E-state index in [0.717, 1.165) is 4.90 Å². The summed E-state index contributed by atoms with van der Waals surface area (Å²) in [7, 11) is 0. The van der Waals surface area contributed by atoms with Crippen LogP contribution in [0.5, 0.6) is 0 Å². The van der Waals surface area contributed by atoms with Gasteiger partial charge in [0.25, 0.3) is 0 Å². The van der Waals surface area contributed by atoms with Gasteiger partial charge in [0.2, 0.25) is 11.8 Å². The molecule has 0 bridgehead atoms. The highest BCUT2D eigenvalue weighted by Gasteiger charge is 2.07. The van der Waals surface area contributed by atoms with Gasteiger partial charge in [-0.1, -0.05) is 11.6 Å². The van der Waals surface area contributed by atoms with E-state index in [4.69, 9.17) is 16.7 Å². The van der Waals surface area contributed by atoms with E-state index in [9.17, 15) is 14.4 Å². The average molecular weight is 393 g/mol. The minimum Gasteiger partial charge on any atom is -0.481 e. The fraction of sp³-hybridized carbons (Fsp3) is 0.167. The van der Waals surface area contributed by atoms with Gasteiger partial charge in [-0.05, 0) is 48.5 Å². The van der Waals surface area contributed by atoms with Crippen LogP contribution in [0, 0.1) is 0 Å². The molecule has 0 saturated heterocycles. The van der Waals surface area contributed by atoms with Gasteiger partial charge >= 0.3 is 5.97 Å². The van der Waals surface area contributed by atoms with Gasteiger partial charge < -0.3 is 15.7 Å². The van der Waals surface area contributed by atoms with Gasteiger partial charge in [-0.2, -0.15) is 0 Å². The van der Waals surface area contributed by atoms with Gasteiger partial charge in [-0.15, -0.1) is 11.8 Å². The summed E-state index contributed by atoms with van der Waals surface area (Å²) in [5, 5.41) is 14.6. The molecule has 0 fully saturated rings. The first-order valence-electron chi connectivity index (χ1n) is 7.72. The third-order valence-corrected chi connectivity index (χ3v) is 4.47. The minimum atomic E-state index is -1.01. The second kappa shape index (κ2) is 9.84. The van der Waals surface area contributed by atoms with Gasteiger partial charge in [-0.25, -0.2) is 0 Å². The second-order valence-electron chi connectivity index (χ2n) is 5.31. The summed E-state index contributed by atoms with van der Waals surface area (Å²) in [6.07, 6.45) is -0.279. The van der Waals surface area contributed by atoms with E-state index < -0.39 is 5.97 Å². The monoisotopic (exact) mass is 392 g/mol. The molecule has 0 radical (unpaired) electrons. The van der Waals surface area contributed by atoms with E-state index in [1.807, 2.05) is 0 Å². The molecule has 0 aliphatic carbocycles. The smallest absolute Gasteiger partial charge is 0.303 e. The Morgan fingerprint density at radius 1 is 0.846 bits per heavy atom. The van der Waals surface area contributed by atoms with Gasteiger partial charge in [0, 0.05) is 27.7 Å². The van der Waals surface area contributed by atoms with Crippen LogP contribution >= 0.6 is 23.4 Å². The standard InChI is InChI=1S/C18H17ClN2O4S/c19-12-1-3-13(4-2-12)21-17(23)11-26-15-7-5-14(6-8-15)20-16(22)9-10-18(24)25/h1-8H,9-11H2,(H,20,22)(H,21,23)(H,24,25). The van der Waals surface area contributed by atoms with Crippen molar-refractivity contribution < 1.29 is 19.5 Å². The third kappa shape index (κ3) is 7.16. The predicted octanol–water partition coefficient (Wildman–Crippen LogP) is 3.87. The van der Waals surface area contributed by atoms with Crippen LogP contribution in [0.2, 0.25) is 5.02 Å². The molecule has 136 valence electrons. The summed E-state index contributed by atoms with van der Waals surface area (Å²) >= 11 is 7.16. The van der Waals surface area contributed by atoms with Crippen LogP contribution in [-0.4, -0.2) is 28.6 Å². The van der Waals surface area contributed by atoms with Crippen LogP contribution in [0.15, 0.2) is 53.4 Å². The van der Waals surface area contributed by atoms with Crippen molar-refractivity contribution in [2.75, 3.05) is 16.4 Å². The van der Waals surface area contributed by atoms with Crippen molar-refractivity contribution in [3.8, 4) is 0 Å². The number of aliphatic carboxylic acids is 1. The number of carbonyl (C=O) groups is 3. The number of halogens is 1. The van der Waals surface area contributed by atoms with Crippen LogP contribution in [0.25, 0.3) is 0 Å². The van der Waals surface area contributed by atoms with Gasteiger partial charge in [-0.3, -0.25) is 14.4 Å². The number of carboxylic acids is 1. The summed E-state index contributed by atoms with van der Waals surface area (Å²) in [4.78, 5) is 34.8. The zero-order chi connectivity index (χ0) is 18.9. The number of hydrogen-bond acceptors (Lipinski definition) is 4. The van der Waals surface area contributed by atoms with Crippen LogP contribution in [0.3, 0.4) is 0 Å². The van der Waals surface area contributed by atoms with Crippen LogP contribution < -0.4 is 10.6 Å². The molecule has 3 N–H and O–H groups in total. The van der Waals surface area contributed by atoms with E-state index in [2.05, 4.69) is 10.6 Å². The quantitative estimate of drug-likeness (QED) is 0.592. The SMILES string of the molecule is O=C(O)CCC(=O)Nc1ccc(SCC(=O)Nc2ccc(Cl)cc2)cc1. The fourth-order valence-corrected chi connectivity index (χ4v) is 2.78. The minimum absolute atomic E-state index is 0.0727. The molecular formula is C18H17ClN2O4S. The largest absolute Gasteiger partial charge is 0.481 e. The summed E-state index contributed by atoms with van der Waals surface area (Å²) in [5.41, 5.74) is 1.26. The summed E-state index contributed by atoms with van der Waals surface area (Å²) < 4.78 is 0. The molecule has 0 heterocycles. The maximum absolute atomic E-state index is 11.9. The number of thioether (sulfide) groups is 1. The zero-order valence-electron chi connectivity index (χ0n) is 13.7. The van der Waals surface area contributed by atoms with Crippen LogP contribution in [0.1, 0.15) is 12.8 Å². The number of hydrogen-bond donors (Lipinski definition) is 3. The Labute approximate surface area is 159 Å². The highest BCUT2D eigenvalue weighted by atomic mass is 35.5. The highest BCUT2D eigenvalue weighted by molar-refractivity contribution is 8.00. The number of amides is 2. The van der Waals surface area contributed by atoms with Gasteiger partial charge in [0.05, 0.1) is 12.2 Å². The molecule has 0 spiro atoms. The molecular weight excluding hydrogens is 376 g/mol. The van der Waals surface area contributed by atoms with Crippen LogP contribution in [0.4, 0.5) is 11.4 Å². The zero-order valence-corrected chi connectivity index (χ0v) is 15.3. The molecule has 0 aliphatic rings. The van der Waals surface area contributed by atoms with Crippen molar-refractivity contribution in [1.29, 1.82) is 0 Å². The first-order valence-corrected chi connectivity index (χ1v) is 9.08. The number of carbonyl (C=O) groups excluding carboxylic acids is 2. The average Bonchev–Trinajstić information content (AvgIpc) is 2.61. The van der Waals surface area contributed by atoms with E-state index in [-0.39, 0.29) is 30.4 Å². The van der Waals surface area contributed by atoms with Crippen molar-refractivity contribution in [3.05, 3.63) is 53.6 Å². The number of benzene rings is 2. The first-order chi connectivity index (χ1) is 12.4. The third-order valence-electron chi connectivity index (χ3n) is 3.20. The van der Waals surface area contributed by atoms with Gasteiger partial charge in [0.1, 0.15) is 0 Å². The molecule has 0 aliphatic heterocycles. The lowest BCUT2D eigenvalue weighted by molar-refractivity contribution is -0.138. The lowest BCUT2D eigenvalue weighted by Crippen LogP contribution is -2.14. The molecule has 26 heavy (non-hydrogen) atoms. The van der Waals surface area contributed by atoms with E-state index >= 15 is 0 Å². The van der Waals surface area contributed by atoms with E-state index in [0.29, 0.717) is 16.4 Å².